The van der Waals surface area contributed by atoms with Gasteiger partial charge >= 0.3 is 0 Å². The number of halogens is 2. The van der Waals surface area contributed by atoms with Crippen LogP contribution in [0.3, 0.4) is 0 Å². The van der Waals surface area contributed by atoms with Gasteiger partial charge in [0.2, 0.25) is 0 Å². The molecular weight excluding hydrogens is 1270 g/mol. The summed E-state index contributed by atoms with van der Waals surface area (Å²) in [5, 5.41) is 0. The molecule has 7 aromatic rings. The van der Waals surface area contributed by atoms with Crippen LogP contribution in [0.4, 0.5) is 0 Å². The summed E-state index contributed by atoms with van der Waals surface area (Å²) in [6.07, 6.45) is 28.8. The number of ether oxygens (including phenoxy) is 8. The molecule has 2 aliphatic rings. The molecule has 0 saturated heterocycles. The molecule has 92 heavy (non-hydrogen) atoms. The minimum atomic E-state index is -0.680. The minimum Gasteiger partial charge on any atom is -0.491 e. The van der Waals surface area contributed by atoms with Crippen LogP contribution in [-0.4, -0.2) is 93.5 Å². The number of unbranched alkanes of at least 4 members (excludes halogenated alkanes) is 18. The van der Waals surface area contributed by atoms with Crippen LogP contribution in [0.15, 0.2) is 155 Å². The van der Waals surface area contributed by atoms with Crippen LogP contribution in [-0.2, 0) is 52.1 Å². The highest BCUT2D eigenvalue weighted by Crippen LogP contribution is 2.63. The zero-order chi connectivity index (χ0) is 64.1. The molecule has 0 spiro atoms. The smallest absolute Gasteiger partial charge is 0.119 e. The summed E-state index contributed by atoms with van der Waals surface area (Å²) in [5.74, 6) is 1.61. The maximum absolute atomic E-state index is 6.38. The summed E-state index contributed by atoms with van der Waals surface area (Å²) in [7, 11) is 3.36. The summed E-state index contributed by atoms with van der Waals surface area (Å²) in [6.45, 7) is 10.7. The van der Waals surface area contributed by atoms with E-state index in [-0.39, 0.29) is 0 Å². The van der Waals surface area contributed by atoms with Gasteiger partial charge in [-0.1, -0.05) is 246 Å². The van der Waals surface area contributed by atoms with Crippen molar-refractivity contribution in [3.63, 3.8) is 0 Å². The lowest BCUT2D eigenvalue weighted by Gasteiger charge is -2.36. The van der Waals surface area contributed by atoms with Crippen molar-refractivity contribution in [2.45, 2.75) is 166 Å². The SMILES string of the molecule is CCCCCCCCCCCCc1ccc([C@@]2(c3ccc(OCCOCCOCCOC)cc3)c3cc(Br)ccc3-c3cc4c(cc32)-c2ccc(Br)cc2[C@@]4(c2ccc(CCCCCCCCCCCC)cc2)c2ccc(OCCOCCOCCOC)cc2)cc1. The quantitative estimate of drug-likeness (QED) is 0.0350. The highest BCUT2D eigenvalue weighted by Gasteiger charge is 2.51. The second-order valence-electron chi connectivity index (χ2n) is 25.3. The summed E-state index contributed by atoms with van der Waals surface area (Å²) in [4.78, 5) is 0. The third-order valence-corrected chi connectivity index (χ3v) is 19.9. The Labute approximate surface area is 569 Å². The van der Waals surface area contributed by atoms with Gasteiger partial charge in [-0.15, -0.1) is 0 Å². The van der Waals surface area contributed by atoms with E-state index in [1.165, 1.54) is 206 Å². The molecular formula is C82H104Br2O8. The number of hydrogen-bond acceptors (Lipinski definition) is 8. The van der Waals surface area contributed by atoms with E-state index in [2.05, 4.69) is 191 Å². The van der Waals surface area contributed by atoms with Crippen molar-refractivity contribution in [2.75, 3.05) is 93.5 Å². The van der Waals surface area contributed by atoms with Crippen LogP contribution in [0.5, 0.6) is 11.5 Å². The maximum atomic E-state index is 6.38. The molecule has 494 valence electrons. The van der Waals surface area contributed by atoms with E-state index in [4.69, 9.17) is 37.9 Å². The molecule has 2 aliphatic carbocycles. The number of benzene rings is 7. The third-order valence-electron chi connectivity index (χ3n) is 18.9. The molecule has 0 saturated carbocycles. The molecule has 0 bridgehead atoms. The molecule has 0 heterocycles. The number of hydrogen-bond donors (Lipinski definition) is 0. The van der Waals surface area contributed by atoms with Gasteiger partial charge in [0, 0.05) is 23.2 Å². The van der Waals surface area contributed by atoms with Gasteiger partial charge in [0.25, 0.3) is 0 Å². The number of rotatable bonds is 46. The summed E-state index contributed by atoms with van der Waals surface area (Å²) in [5.41, 5.74) is 16.3. The van der Waals surface area contributed by atoms with Gasteiger partial charge in [0.05, 0.1) is 76.9 Å². The molecule has 2 atom stereocenters. The summed E-state index contributed by atoms with van der Waals surface area (Å²) >= 11 is 8.06. The summed E-state index contributed by atoms with van der Waals surface area (Å²) < 4.78 is 48.1. The normalized spacial score (nSPS) is 15.4. The van der Waals surface area contributed by atoms with E-state index in [0.29, 0.717) is 79.3 Å². The first-order valence-electron chi connectivity index (χ1n) is 35.1. The molecule has 0 N–H and O–H groups in total. The zero-order valence-corrected chi connectivity index (χ0v) is 59.1. The van der Waals surface area contributed by atoms with E-state index in [1.807, 2.05) is 0 Å². The number of aryl methyl sites for hydroxylation is 2. The fraction of sp³-hybridized carbons (Fsp3) is 0.488. The molecule has 0 radical (unpaired) electrons. The van der Waals surface area contributed by atoms with E-state index in [9.17, 15) is 0 Å². The lowest BCUT2D eigenvalue weighted by Crippen LogP contribution is -2.30. The lowest BCUT2D eigenvalue weighted by molar-refractivity contribution is 0.0180. The molecule has 8 nitrogen and oxygen atoms in total. The average molecular weight is 1380 g/mol. The van der Waals surface area contributed by atoms with E-state index < -0.39 is 10.8 Å². The number of fused-ring (bicyclic) bond motifs is 6. The van der Waals surface area contributed by atoms with Crippen LogP contribution in [0.1, 0.15) is 198 Å². The van der Waals surface area contributed by atoms with E-state index in [1.54, 1.807) is 14.2 Å². The van der Waals surface area contributed by atoms with Crippen molar-refractivity contribution < 1.29 is 37.9 Å². The first-order chi connectivity index (χ1) is 45.4. The largest absolute Gasteiger partial charge is 0.491 e. The molecule has 0 fully saturated rings. The topological polar surface area (TPSA) is 73.8 Å². The van der Waals surface area contributed by atoms with Gasteiger partial charge < -0.3 is 37.9 Å². The Bertz CT molecular complexity index is 3040. The standard InChI is InChI=1S/C82H104Br2O8/c1-5-7-9-11-13-15-17-19-21-23-25-63-27-31-65(32-28-63)81(67-35-41-71(42-36-67)91-57-55-89-53-51-87-49-47-85-3)77-59-69(83)39-45-73(77)75-62-80-76(61-79(75)81)74-46-40-70(84)60-78(74)82(80,68-37-43-72(44-38-68)92-58-56-90-54-52-88-50-48-86-4)66-33-29-64(30-34-66)26-24-22-20-18-16-14-12-10-8-6-2/h27-46,59-62H,5-26,47-58H2,1-4H3/t81-,82-/m1/s1. The van der Waals surface area contributed by atoms with E-state index >= 15 is 0 Å². The number of methoxy groups -OCH3 is 2. The van der Waals surface area contributed by atoms with Crippen molar-refractivity contribution >= 4 is 31.9 Å². The zero-order valence-electron chi connectivity index (χ0n) is 55.9. The summed E-state index contributed by atoms with van der Waals surface area (Å²) in [6, 6.07) is 56.2. The Balaban J connectivity index is 1.09. The Morgan fingerprint density at radius 2 is 0.565 bits per heavy atom. The molecule has 7 aromatic carbocycles. The highest BCUT2D eigenvalue weighted by molar-refractivity contribution is 9.10. The van der Waals surface area contributed by atoms with Crippen LogP contribution in [0, 0.1) is 0 Å². The van der Waals surface area contributed by atoms with Crippen molar-refractivity contribution in [1.29, 1.82) is 0 Å². The highest BCUT2D eigenvalue weighted by atomic mass is 79.9. The van der Waals surface area contributed by atoms with Crippen molar-refractivity contribution in [1.82, 2.24) is 0 Å². The van der Waals surface area contributed by atoms with Gasteiger partial charge in [0.1, 0.15) is 24.7 Å². The molecule has 9 rings (SSSR count). The van der Waals surface area contributed by atoms with Gasteiger partial charge in [-0.3, -0.25) is 0 Å². The average Bonchev–Trinajstić information content (AvgIpc) is 1.51. The monoisotopic (exact) mass is 1370 g/mol. The van der Waals surface area contributed by atoms with Gasteiger partial charge in [-0.2, -0.15) is 0 Å². The van der Waals surface area contributed by atoms with Crippen LogP contribution in [0.2, 0.25) is 0 Å². The van der Waals surface area contributed by atoms with Crippen molar-refractivity contribution in [2.24, 2.45) is 0 Å². The Kier molecular flexibility index (Phi) is 29.7. The second kappa shape index (κ2) is 38.4. The molecule has 0 unspecified atom stereocenters. The third kappa shape index (κ3) is 18.7. The Morgan fingerprint density at radius 3 is 0.891 bits per heavy atom. The van der Waals surface area contributed by atoms with Crippen LogP contribution < -0.4 is 9.47 Å². The Morgan fingerprint density at radius 1 is 0.283 bits per heavy atom. The lowest BCUT2D eigenvalue weighted by atomic mass is 9.65. The molecule has 0 amide bonds. The minimum absolute atomic E-state index is 0.435. The van der Waals surface area contributed by atoms with E-state index in [0.717, 1.165) is 33.3 Å². The maximum Gasteiger partial charge on any atom is 0.119 e. The molecule has 0 aromatic heterocycles. The first-order valence-corrected chi connectivity index (χ1v) is 36.7. The molecule has 0 aliphatic heterocycles. The Hall–Kier alpha value is -5.14. The van der Waals surface area contributed by atoms with Crippen LogP contribution in [0.25, 0.3) is 22.3 Å². The fourth-order valence-electron chi connectivity index (χ4n) is 14.1. The van der Waals surface area contributed by atoms with Gasteiger partial charge in [0.15, 0.2) is 0 Å². The fourth-order valence-corrected chi connectivity index (χ4v) is 14.8. The second-order valence-corrected chi connectivity index (χ2v) is 27.1. The van der Waals surface area contributed by atoms with Crippen molar-refractivity contribution in [3.05, 3.63) is 210 Å². The molecule has 10 heteroatoms. The van der Waals surface area contributed by atoms with Crippen LogP contribution >= 0.6 is 31.9 Å². The van der Waals surface area contributed by atoms with Gasteiger partial charge in [-0.05, 0) is 164 Å². The first kappa shape index (κ1) is 71.2. The predicted octanol–water partition coefficient (Wildman–Crippen LogP) is 21.0. The van der Waals surface area contributed by atoms with Crippen molar-refractivity contribution in [3.8, 4) is 33.8 Å². The predicted molar refractivity (Wildman–Crippen MR) is 386 cm³/mol. The van der Waals surface area contributed by atoms with Gasteiger partial charge in [-0.25, -0.2) is 0 Å².